The summed E-state index contributed by atoms with van der Waals surface area (Å²) < 4.78 is 0.753. The molecule has 0 fully saturated rings. The maximum absolute atomic E-state index is 12.1. The van der Waals surface area contributed by atoms with Crippen molar-refractivity contribution < 1.29 is 4.79 Å². The zero-order chi connectivity index (χ0) is 14.7. The van der Waals surface area contributed by atoms with Crippen LogP contribution < -0.4 is 5.32 Å². The summed E-state index contributed by atoms with van der Waals surface area (Å²) >= 11 is 14.8. The molecule has 1 amide bonds. The van der Waals surface area contributed by atoms with Crippen molar-refractivity contribution in [1.82, 2.24) is 4.98 Å². The number of hydrogen-bond donors (Lipinski definition) is 1. The molecule has 0 aliphatic heterocycles. The fraction of sp³-hybridized carbons (Fsp3) is 0. The van der Waals surface area contributed by atoms with E-state index in [1.807, 2.05) is 6.07 Å². The third-order valence-corrected chi connectivity index (χ3v) is 3.59. The molecule has 0 spiro atoms. The molecule has 20 heavy (non-hydrogen) atoms. The number of nitrogens with zero attached hydrogens (tertiary/aromatic N) is 2. The molecule has 0 saturated carbocycles. The van der Waals surface area contributed by atoms with Crippen molar-refractivity contribution in [2.45, 2.75) is 0 Å². The number of nitrogens with one attached hydrogen (secondary N) is 1. The molecule has 1 heterocycles. The maximum Gasteiger partial charge on any atom is 0.257 e. The highest BCUT2D eigenvalue weighted by Gasteiger charge is 2.11. The van der Waals surface area contributed by atoms with Crippen LogP contribution >= 0.6 is 39.1 Å². The van der Waals surface area contributed by atoms with E-state index in [-0.39, 0.29) is 15.7 Å². The molecule has 0 aliphatic carbocycles. The lowest BCUT2D eigenvalue weighted by molar-refractivity contribution is 0.102. The molecule has 0 aliphatic rings. The Balaban J connectivity index is 2.28. The maximum atomic E-state index is 12.1. The molecule has 4 nitrogen and oxygen atoms in total. The average molecular weight is 371 g/mol. The second-order valence-corrected chi connectivity index (χ2v) is 5.43. The van der Waals surface area contributed by atoms with Crippen molar-refractivity contribution >= 4 is 50.7 Å². The second kappa shape index (κ2) is 6.23. The Labute approximate surface area is 133 Å². The van der Waals surface area contributed by atoms with Crippen molar-refractivity contribution in [3.63, 3.8) is 0 Å². The standard InChI is InChI=1S/C13H6BrCl2N3O/c14-9-1-2-11(7(3-9)5-17)19-13(20)8-4-10(15)12(16)18-6-8/h1-4,6H,(H,19,20). The van der Waals surface area contributed by atoms with Crippen LogP contribution in [-0.4, -0.2) is 10.9 Å². The van der Waals surface area contributed by atoms with Gasteiger partial charge >= 0.3 is 0 Å². The van der Waals surface area contributed by atoms with Gasteiger partial charge in [-0.25, -0.2) is 4.98 Å². The van der Waals surface area contributed by atoms with E-state index in [9.17, 15) is 4.79 Å². The largest absolute Gasteiger partial charge is 0.321 e. The molecule has 1 N–H and O–H groups in total. The van der Waals surface area contributed by atoms with Crippen LogP contribution in [0.2, 0.25) is 10.2 Å². The first-order chi connectivity index (χ1) is 9.51. The average Bonchev–Trinajstić information content (AvgIpc) is 2.43. The van der Waals surface area contributed by atoms with Crippen LogP contribution in [0.4, 0.5) is 5.69 Å². The van der Waals surface area contributed by atoms with Crippen molar-refractivity contribution in [2.24, 2.45) is 0 Å². The van der Waals surface area contributed by atoms with E-state index in [0.717, 1.165) is 4.47 Å². The monoisotopic (exact) mass is 369 g/mol. The smallest absolute Gasteiger partial charge is 0.257 e. The lowest BCUT2D eigenvalue weighted by atomic mass is 10.2. The summed E-state index contributed by atoms with van der Waals surface area (Å²) in [6.07, 6.45) is 1.31. The van der Waals surface area contributed by atoms with Crippen LogP contribution in [-0.2, 0) is 0 Å². The number of carbonyl (C=O) groups is 1. The molecule has 7 heteroatoms. The van der Waals surface area contributed by atoms with E-state index >= 15 is 0 Å². The van der Waals surface area contributed by atoms with Crippen LogP contribution in [0.5, 0.6) is 0 Å². The van der Waals surface area contributed by atoms with Crippen LogP contribution in [0.3, 0.4) is 0 Å². The number of halogens is 3. The first-order valence-electron chi connectivity index (χ1n) is 5.33. The van der Waals surface area contributed by atoms with E-state index in [4.69, 9.17) is 28.5 Å². The third-order valence-electron chi connectivity index (χ3n) is 2.41. The van der Waals surface area contributed by atoms with Crippen molar-refractivity contribution in [2.75, 3.05) is 5.32 Å². The fourth-order valence-electron chi connectivity index (χ4n) is 1.46. The second-order valence-electron chi connectivity index (χ2n) is 3.75. The highest BCUT2D eigenvalue weighted by Crippen LogP contribution is 2.23. The third kappa shape index (κ3) is 3.28. The molecule has 0 atom stereocenters. The van der Waals surface area contributed by atoms with Crippen LogP contribution in [0, 0.1) is 11.3 Å². The minimum atomic E-state index is -0.421. The van der Waals surface area contributed by atoms with Gasteiger partial charge in [-0.1, -0.05) is 39.1 Å². The first-order valence-corrected chi connectivity index (χ1v) is 6.88. The SMILES string of the molecule is N#Cc1cc(Br)ccc1NC(=O)c1cnc(Cl)c(Cl)c1. The molecule has 0 saturated heterocycles. The van der Waals surface area contributed by atoms with Gasteiger partial charge in [-0.2, -0.15) is 5.26 Å². The predicted octanol–water partition coefficient (Wildman–Crippen LogP) is 4.27. The van der Waals surface area contributed by atoms with Gasteiger partial charge in [0, 0.05) is 10.7 Å². The number of hydrogen-bond acceptors (Lipinski definition) is 3. The Morgan fingerprint density at radius 2 is 2.10 bits per heavy atom. The van der Waals surface area contributed by atoms with Gasteiger partial charge in [-0.15, -0.1) is 0 Å². The Bertz CT molecular complexity index is 728. The molecule has 0 bridgehead atoms. The summed E-state index contributed by atoms with van der Waals surface area (Å²) in [5.41, 5.74) is 1.01. The predicted molar refractivity (Wildman–Crippen MR) is 81.1 cm³/mol. The highest BCUT2D eigenvalue weighted by molar-refractivity contribution is 9.10. The van der Waals surface area contributed by atoms with Gasteiger partial charge in [0.25, 0.3) is 5.91 Å². The quantitative estimate of drug-likeness (QED) is 0.802. The molecule has 100 valence electrons. The Morgan fingerprint density at radius 3 is 2.75 bits per heavy atom. The van der Waals surface area contributed by atoms with E-state index in [0.29, 0.717) is 11.3 Å². The summed E-state index contributed by atoms with van der Waals surface area (Å²) in [7, 11) is 0. The van der Waals surface area contributed by atoms with Crippen LogP contribution in [0.25, 0.3) is 0 Å². The number of pyridine rings is 1. The molecule has 1 aromatic heterocycles. The molecule has 0 radical (unpaired) electrons. The molecule has 1 aromatic carbocycles. The summed E-state index contributed by atoms with van der Waals surface area (Å²) in [6.45, 7) is 0. The molecule has 2 rings (SSSR count). The number of amides is 1. The lowest BCUT2D eigenvalue weighted by Crippen LogP contribution is -2.13. The van der Waals surface area contributed by atoms with Crippen molar-refractivity contribution in [1.29, 1.82) is 5.26 Å². The number of anilines is 1. The summed E-state index contributed by atoms with van der Waals surface area (Å²) in [6, 6.07) is 8.39. The Kier molecular flexibility index (Phi) is 4.61. The molecule has 0 unspecified atom stereocenters. The zero-order valence-electron chi connectivity index (χ0n) is 9.82. The normalized spacial score (nSPS) is 9.90. The topological polar surface area (TPSA) is 65.8 Å². The van der Waals surface area contributed by atoms with Gasteiger partial charge < -0.3 is 5.32 Å². The van der Waals surface area contributed by atoms with E-state index < -0.39 is 5.91 Å². The number of rotatable bonds is 2. The summed E-state index contributed by atoms with van der Waals surface area (Å²) in [4.78, 5) is 15.9. The van der Waals surface area contributed by atoms with E-state index in [2.05, 4.69) is 26.2 Å². The van der Waals surface area contributed by atoms with Gasteiger partial charge in [0.15, 0.2) is 0 Å². The van der Waals surface area contributed by atoms with Crippen molar-refractivity contribution in [3.8, 4) is 6.07 Å². The van der Waals surface area contributed by atoms with Crippen LogP contribution in [0.1, 0.15) is 15.9 Å². The molecular formula is C13H6BrCl2N3O. The van der Waals surface area contributed by atoms with Gasteiger partial charge in [0.2, 0.25) is 0 Å². The Hall–Kier alpha value is -1.61. The zero-order valence-corrected chi connectivity index (χ0v) is 12.9. The molecule has 2 aromatic rings. The van der Waals surface area contributed by atoms with Gasteiger partial charge in [0.05, 0.1) is 21.8 Å². The first kappa shape index (κ1) is 14.8. The fourth-order valence-corrected chi connectivity index (χ4v) is 2.09. The number of carbonyl (C=O) groups excluding carboxylic acids is 1. The van der Waals surface area contributed by atoms with Crippen LogP contribution in [0.15, 0.2) is 34.9 Å². The number of aromatic nitrogens is 1. The van der Waals surface area contributed by atoms with E-state index in [1.165, 1.54) is 12.3 Å². The highest BCUT2D eigenvalue weighted by atomic mass is 79.9. The van der Waals surface area contributed by atoms with Gasteiger partial charge in [-0.3, -0.25) is 4.79 Å². The van der Waals surface area contributed by atoms with Gasteiger partial charge in [0.1, 0.15) is 11.2 Å². The van der Waals surface area contributed by atoms with E-state index in [1.54, 1.807) is 18.2 Å². The minimum absolute atomic E-state index is 0.129. The molecular weight excluding hydrogens is 365 g/mol. The minimum Gasteiger partial charge on any atom is -0.321 e. The van der Waals surface area contributed by atoms with Crippen molar-refractivity contribution in [3.05, 3.63) is 56.2 Å². The van der Waals surface area contributed by atoms with Gasteiger partial charge in [-0.05, 0) is 24.3 Å². The summed E-state index contributed by atoms with van der Waals surface area (Å²) in [5, 5.41) is 12.0. The number of nitriles is 1. The summed E-state index contributed by atoms with van der Waals surface area (Å²) in [5.74, 6) is -0.421. The Morgan fingerprint density at radius 1 is 1.35 bits per heavy atom. The number of benzene rings is 1. The lowest BCUT2D eigenvalue weighted by Gasteiger charge is -2.07.